The molecule has 1 heterocycles. The third-order valence-corrected chi connectivity index (χ3v) is 4.08. The van der Waals surface area contributed by atoms with Crippen molar-refractivity contribution in [3.63, 3.8) is 0 Å². The Morgan fingerprint density at radius 2 is 1.94 bits per heavy atom. The van der Waals surface area contributed by atoms with Gasteiger partial charge in [0, 0.05) is 5.39 Å². The lowest BCUT2D eigenvalue weighted by Crippen LogP contribution is -2.07. The molecule has 90 valence electrons. The standard InChI is InChI=1S/C16H20O/c1-2-4-13(5-3-1)6-7-14-8-9-16-15(12-14)10-11-17-16/h8-13H,1-7H2. The van der Waals surface area contributed by atoms with E-state index in [4.69, 9.17) is 4.42 Å². The van der Waals surface area contributed by atoms with E-state index in [2.05, 4.69) is 24.3 Å². The Labute approximate surface area is 103 Å². The van der Waals surface area contributed by atoms with Gasteiger partial charge in [0.1, 0.15) is 5.58 Å². The molecule has 1 saturated carbocycles. The molecule has 0 aliphatic heterocycles. The fourth-order valence-corrected chi connectivity index (χ4v) is 3.02. The average Bonchev–Trinajstić information content (AvgIpc) is 2.85. The molecule has 2 aromatic rings. The van der Waals surface area contributed by atoms with Gasteiger partial charge < -0.3 is 4.42 Å². The summed E-state index contributed by atoms with van der Waals surface area (Å²) in [5.74, 6) is 0.976. The van der Waals surface area contributed by atoms with E-state index in [1.165, 1.54) is 55.9 Å². The fraction of sp³-hybridized carbons (Fsp3) is 0.500. The Balaban J connectivity index is 1.63. The molecule has 0 saturated heterocycles. The van der Waals surface area contributed by atoms with E-state index >= 15 is 0 Å². The smallest absolute Gasteiger partial charge is 0.133 e. The van der Waals surface area contributed by atoms with Crippen molar-refractivity contribution in [2.75, 3.05) is 0 Å². The Morgan fingerprint density at radius 1 is 1.06 bits per heavy atom. The van der Waals surface area contributed by atoms with Gasteiger partial charge >= 0.3 is 0 Å². The summed E-state index contributed by atoms with van der Waals surface area (Å²) in [5, 5.41) is 1.24. The molecule has 1 fully saturated rings. The van der Waals surface area contributed by atoms with Crippen molar-refractivity contribution in [2.24, 2.45) is 5.92 Å². The van der Waals surface area contributed by atoms with E-state index < -0.39 is 0 Å². The van der Waals surface area contributed by atoms with Gasteiger partial charge in [-0.3, -0.25) is 0 Å². The predicted octanol–water partition coefficient (Wildman–Crippen LogP) is 4.95. The van der Waals surface area contributed by atoms with Crippen molar-refractivity contribution in [3.8, 4) is 0 Å². The Kier molecular flexibility index (Phi) is 3.17. The van der Waals surface area contributed by atoms with Gasteiger partial charge in [-0.25, -0.2) is 0 Å². The number of hydrogen-bond donors (Lipinski definition) is 0. The number of benzene rings is 1. The minimum atomic E-state index is 0.976. The van der Waals surface area contributed by atoms with Gasteiger partial charge in [0.15, 0.2) is 0 Å². The maximum absolute atomic E-state index is 5.37. The van der Waals surface area contributed by atoms with Gasteiger partial charge in [0.25, 0.3) is 0 Å². The predicted molar refractivity (Wildman–Crippen MR) is 71.1 cm³/mol. The average molecular weight is 228 g/mol. The fourth-order valence-electron chi connectivity index (χ4n) is 3.02. The lowest BCUT2D eigenvalue weighted by Gasteiger charge is -2.21. The maximum Gasteiger partial charge on any atom is 0.133 e. The zero-order valence-electron chi connectivity index (χ0n) is 10.3. The number of rotatable bonds is 3. The second kappa shape index (κ2) is 4.95. The molecule has 0 N–H and O–H groups in total. The topological polar surface area (TPSA) is 13.1 Å². The van der Waals surface area contributed by atoms with Gasteiger partial charge in [0.2, 0.25) is 0 Å². The number of fused-ring (bicyclic) bond motifs is 1. The van der Waals surface area contributed by atoms with E-state index in [0.717, 1.165) is 11.5 Å². The quantitative estimate of drug-likeness (QED) is 0.724. The summed E-state index contributed by atoms with van der Waals surface area (Å²) < 4.78 is 5.37. The van der Waals surface area contributed by atoms with E-state index in [0.29, 0.717) is 0 Å². The Bertz CT molecular complexity index is 477. The summed E-state index contributed by atoms with van der Waals surface area (Å²) in [7, 11) is 0. The highest BCUT2D eigenvalue weighted by molar-refractivity contribution is 5.77. The first-order valence-electron chi connectivity index (χ1n) is 6.88. The molecule has 0 bridgehead atoms. The zero-order chi connectivity index (χ0) is 11.5. The Morgan fingerprint density at radius 3 is 2.82 bits per heavy atom. The van der Waals surface area contributed by atoms with Crippen LogP contribution in [0.5, 0.6) is 0 Å². The third kappa shape index (κ3) is 2.54. The van der Waals surface area contributed by atoms with Crippen LogP contribution in [-0.4, -0.2) is 0 Å². The first-order chi connectivity index (χ1) is 8.42. The first-order valence-corrected chi connectivity index (χ1v) is 6.88. The van der Waals surface area contributed by atoms with E-state index in [1.54, 1.807) is 6.26 Å². The van der Waals surface area contributed by atoms with Crippen LogP contribution in [-0.2, 0) is 6.42 Å². The maximum atomic E-state index is 5.37. The van der Waals surface area contributed by atoms with Gasteiger partial charge in [-0.2, -0.15) is 0 Å². The summed E-state index contributed by atoms with van der Waals surface area (Å²) >= 11 is 0. The van der Waals surface area contributed by atoms with E-state index in [9.17, 15) is 0 Å². The van der Waals surface area contributed by atoms with Crippen LogP contribution >= 0.6 is 0 Å². The van der Waals surface area contributed by atoms with Crippen molar-refractivity contribution in [1.29, 1.82) is 0 Å². The minimum Gasteiger partial charge on any atom is -0.464 e. The van der Waals surface area contributed by atoms with Crippen LogP contribution in [0.4, 0.5) is 0 Å². The molecular formula is C16H20O. The van der Waals surface area contributed by atoms with Crippen LogP contribution in [0.25, 0.3) is 11.0 Å². The molecule has 1 aliphatic carbocycles. The number of aryl methyl sites for hydroxylation is 1. The summed E-state index contributed by atoms with van der Waals surface area (Å²) in [4.78, 5) is 0. The zero-order valence-corrected chi connectivity index (χ0v) is 10.3. The van der Waals surface area contributed by atoms with Gasteiger partial charge in [-0.05, 0) is 42.5 Å². The van der Waals surface area contributed by atoms with Gasteiger partial charge in [-0.15, -0.1) is 0 Å². The van der Waals surface area contributed by atoms with Gasteiger partial charge in [-0.1, -0.05) is 38.2 Å². The second-order valence-electron chi connectivity index (χ2n) is 5.34. The lowest BCUT2D eigenvalue weighted by atomic mass is 9.85. The van der Waals surface area contributed by atoms with E-state index in [1.807, 2.05) is 0 Å². The lowest BCUT2D eigenvalue weighted by molar-refractivity contribution is 0.339. The van der Waals surface area contributed by atoms with Crippen molar-refractivity contribution in [2.45, 2.75) is 44.9 Å². The van der Waals surface area contributed by atoms with Crippen LogP contribution in [0.2, 0.25) is 0 Å². The van der Waals surface area contributed by atoms with Crippen LogP contribution < -0.4 is 0 Å². The molecule has 1 aliphatic rings. The molecule has 1 aromatic carbocycles. The molecule has 1 nitrogen and oxygen atoms in total. The highest BCUT2D eigenvalue weighted by Gasteiger charge is 2.13. The third-order valence-electron chi connectivity index (χ3n) is 4.08. The molecule has 1 heteroatoms. The SMILES string of the molecule is c1cc2cc(CCC3CCCCC3)ccc2o1. The molecule has 0 unspecified atom stereocenters. The summed E-state index contributed by atoms with van der Waals surface area (Å²) in [6.07, 6.45) is 11.6. The summed E-state index contributed by atoms with van der Waals surface area (Å²) in [6, 6.07) is 8.65. The summed E-state index contributed by atoms with van der Waals surface area (Å²) in [5.41, 5.74) is 2.47. The van der Waals surface area contributed by atoms with Gasteiger partial charge in [0.05, 0.1) is 6.26 Å². The Hall–Kier alpha value is -1.24. The van der Waals surface area contributed by atoms with Crippen LogP contribution in [0.15, 0.2) is 34.9 Å². The molecule has 3 rings (SSSR count). The molecule has 0 amide bonds. The molecule has 17 heavy (non-hydrogen) atoms. The van der Waals surface area contributed by atoms with Crippen molar-refractivity contribution >= 4 is 11.0 Å². The van der Waals surface area contributed by atoms with Crippen LogP contribution in [0, 0.1) is 5.92 Å². The van der Waals surface area contributed by atoms with E-state index in [-0.39, 0.29) is 0 Å². The number of furan rings is 1. The highest BCUT2D eigenvalue weighted by Crippen LogP contribution is 2.28. The van der Waals surface area contributed by atoms with Crippen LogP contribution in [0.3, 0.4) is 0 Å². The molecular weight excluding hydrogens is 208 g/mol. The molecule has 1 aromatic heterocycles. The van der Waals surface area contributed by atoms with Crippen molar-refractivity contribution in [1.82, 2.24) is 0 Å². The monoisotopic (exact) mass is 228 g/mol. The molecule has 0 spiro atoms. The molecule has 0 radical (unpaired) electrons. The first kappa shape index (κ1) is 10.9. The number of hydrogen-bond acceptors (Lipinski definition) is 1. The summed E-state index contributed by atoms with van der Waals surface area (Å²) in [6.45, 7) is 0. The molecule has 0 atom stereocenters. The van der Waals surface area contributed by atoms with Crippen LogP contribution in [0.1, 0.15) is 44.1 Å². The normalized spacial score (nSPS) is 17.6. The highest BCUT2D eigenvalue weighted by atomic mass is 16.3. The minimum absolute atomic E-state index is 0.976. The van der Waals surface area contributed by atoms with Crippen molar-refractivity contribution < 1.29 is 4.42 Å². The van der Waals surface area contributed by atoms with Crippen molar-refractivity contribution in [3.05, 3.63) is 36.1 Å². The second-order valence-corrected chi connectivity index (χ2v) is 5.34. The largest absolute Gasteiger partial charge is 0.464 e.